The molecule has 0 fully saturated rings. The average Bonchev–Trinajstić information content (AvgIpc) is 2.70. The Morgan fingerprint density at radius 3 is 2.33 bits per heavy atom. The van der Waals surface area contributed by atoms with Crippen LogP contribution < -0.4 is 15.4 Å². The van der Waals surface area contributed by atoms with E-state index in [-0.39, 0.29) is 42.0 Å². The third kappa shape index (κ3) is 8.45. The van der Waals surface area contributed by atoms with Crippen LogP contribution in [0.3, 0.4) is 0 Å². The number of non-ortho nitro benzene ring substituents is 1. The van der Waals surface area contributed by atoms with Crippen molar-refractivity contribution in [2.24, 2.45) is 4.99 Å². The largest absolute Gasteiger partial charge is 0.435 e. The van der Waals surface area contributed by atoms with Crippen LogP contribution in [0, 0.1) is 10.1 Å². The maximum atomic E-state index is 12.2. The number of benzene rings is 2. The van der Waals surface area contributed by atoms with E-state index in [4.69, 9.17) is 0 Å². The number of nitrogens with one attached hydrogen (secondary N) is 2. The Bertz CT molecular complexity index is 820. The third-order valence-electron chi connectivity index (χ3n) is 3.86. The second-order valence-electron chi connectivity index (χ2n) is 5.96. The smallest absolute Gasteiger partial charge is 0.387 e. The second kappa shape index (κ2) is 12.9. The molecular weight excluding hydrogens is 513 g/mol. The number of nitro benzene ring substituents is 1. The van der Waals surface area contributed by atoms with Crippen molar-refractivity contribution in [2.45, 2.75) is 26.2 Å². The van der Waals surface area contributed by atoms with E-state index >= 15 is 0 Å². The van der Waals surface area contributed by atoms with Gasteiger partial charge in [-0.2, -0.15) is 8.78 Å². The molecule has 2 aromatic carbocycles. The zero-order chi connectivity index (χ0) is 21.2. The van der Waals surface area contributed by atoms with Crippen molar-refractivity contribution in [2.75, 3.05) is 13.1 Å². The summed E-state index contributed by atoms with van der Waals surface area (Å²) in [7, 11) is 0. The number of hydrogen-bond donors (Lipinski definition) is 3. The lowest BCUT2D eigenvalue weighted by molar-refractivity contribution is -0.384. The molecule has 2 aromatic rings. The van der Waals surface area contributed by atoms with Gasteiger partial charge in [-0.1, -0.05) is 24.3 Å². The van der Waals surface area contributed by atoms with Crippen molar-refractivity contribution in [1.29, 1.82) is 0 Å². The van der Waals surface area contributed by atoms with Gasteiger partial charge in [0.25, 0.3) is 5.69 Å². The quantitative estimate of drug-likeness (QED) is 0.149. The van der Waals surface area contributed by atoms with Crippen molar-refractivity contribution in [1.82, 2.24) is 10.6 Å². The predicted molar refractivity (Wildman–Crippen MR) is 119 cm³/mol. The fraction of sp³-hybridized carbons (Fsp3) is 0.316. The van der Waals surface area contributed by atoms with Crippen LogP contribution in [0.1, 0.15) is 24.2 Å². The third-order valence-corrected chi connectivity index (χ3v) is 3.86. The number of aliphatic hydroxyl groups is 1. The molecule has 1 unspecified atom stereocenters. The van der Waals surface area contributed by atoms with Crippen LogP contribution in [0.15, 0.2) is 53.5 Å². The lowest BCUT2D eigenvalue weighted by Crippen LogP contribution is -2.39. The minimum Gasteiger partial charge on any atom is -0.435 e. The highest BCUT2D eigenvalue weighted by molar-refractivity contribution is 14.0. The normalized spacial score (nSPS) is 12.1. The minimum atomic E-state index is -2.90. The van der Waals surface area contributed by atoms with Crippen molar-refractivity contribution in [3.05, 3.63) is 69.8 Å². The molecule has 0 bridgehead atoms. The first-order valence-corrected chi connectivity index (χ1v) is 8.87. The number of aliphatic imine (C=N–C) groups is 1. The second-order valence-corrected chi connectivity index (χ2v) is 5.96. The van der Waals surface area contributed by atoms with Crippen LogP contribution in [-0.4, -0.2) is 35.7 Å². The van der Waals surface area contributed by atoms with E-state index < -0.39 is 17.6 Å². The maximum absolute atomic E-state index is 12.2. The zero-order valence-electron chi connectivity index (χ0n) is 16.1. The van der Waals surface area contributed by atoms with Gasteiger partial charge < -0.3 is 20.5 Å². The van der Waals surface area contributed by atoms with Crippen LogP contribution in [0.2, 0.25) is 0 Å². The van der Waals surface area contributed by atoms with E-state index in [1.807, 2.05) is 6.92 Å². The molecule has 164 valence electrons. The summed E-state index contributed by atoms with van der Waals surface area (Å²) in [6, 6.07) is 11.8. The van der Waals surface area contributed by atoms with E-state index in [1.54, 1.807) is 12.1 Å². The number of nitrogens with zero attached hydrogens (tertiary/aromatic N) is 2. The SMILES string of the molecule is CCNC(=NCc1ccc([N+](=O)[O-])cc1)NCC(O)c1ccc(OC(F)F)cc1.I. The topological polar surface area (TPSA) is 109 Å². The van der Waals surface area contributed by atoms with E-state index in [0.29, 0.717) is 24.6 Å². The lowest BCUT2D eigenvalue weighted by Gasteiger charge is -2.16. The van der Waals surface area contributed by atoms with Crippen molar-refractivity contribution in [3.8, 4) is 5.75 Å². The van der Waals surface area contributed by atoms with Gasteiger partial charge in [0.15, 0.2) is 5.96 Å². The van der Waals surface area contributed by atoms with Crippen LogP contribution in [0.4, 0.5) is 14.5 Å². The van der Waals surface area contributed by atoms with E-state index in [9.17, 15) is 24.0 Å². The van der Waals surface area contributed by atoms with Gasteiger partial charge in [0.05, 0.1) is 17.6 Å². The van der Waals surface area contributed by atoms with Crippen LogP contribution in [-0.2, 0) is 6.54 Å². The number of aliphatic hydroxyl groups excluding tert-OH is 1. The lowest BCUT2D eigenvalue weighted by atomic mass is 10.1. The number of alkyl halides is 2. The molecular formula is C19H23F2IN4O4. The minimum absolute atomic E-state index is 0. The number of ether oxygens (including phenoxy) is 1. The summed E-state index contributed by atoms with van der Waals surface area (Å²) < 4.78 is 28.6. The summed E-state index contributed by atoms with van der Waals surface area (Å²) in [6.07, 6.45) is -0.890. The van der Waals surface area contributed by atoms with E-state index in [0.717, 1.165) is 5.56 Å². The number of nitro groups is 1. The molecule has 0 saturated heterocycles. The zero-order valence-corrected chi connectivity index (χ0v) is 18.5. The first-order valence-electron chi connectivity index (χ1n) is 8.87. The summed E-state index contributed by atoms with van der Waals surface area (Å²) >= 11 is 0. The molecule has 11 heteroatoms. The molecule has 0 spiro atoms. The maximum Gasteiger partial charge on any atom is 0.387 e. The molecule has 30 heavy (non-hydrogen) atoms. The summed E-state index contributed by atoms with van der Waals surface area (Å²) in [5.41, 5.74) is 1.34. The fourth-order valence-corrected chi connectivity index (χ4v) is 2.42. The molecule has 0 heterocycles. The van der Waals surface area contributed by atoms with Crippen LogP contribution in [0.25, 0.3) is 0 Å². The Balaban J connectivity index is 0.00000450. The molecule has 0 aliphatic carbocycles. The Labute approximate surface area is 189 Å². The molecule has 3 N–H and O–H groups in total. The summed E-state index contributed by atoms with van der Waals surface area (Å²) in [5, 5.41) is 27.0. The molecule has 0 radical (unpaired) electrons. The Kier molecular flexibility index (Phi) is 11.0. The van der Waals surface area contributed by atoms with Gasteiger partial charge in [0.1, 0.15) is 5.75 Å². The van der Waals surface area contributed by atoms with Gasteiger partial charge >= 0.3 is 6.61 Å². The molecule has 0 aromatic heterocycles. The Morgan fingerprint density at radius 2 is 1.80 bits per heavy atom. The molecule has 0 aliphatic rings. The van der Waals surface area contributed by atoms with Gasteiger partial charge in [-0.25, -0.2) is 4.99 Å². The highest BCUT2D eigenvalue weighted by Crippen LogP contribution is 2.19. The number of guanidine groups is 1. The van der Waals surface area contributed by atoms with Gasteiger partial charge in [0.2, 0.25) is 0 Å². The Morgan fingerprint density at radius 1 is 1.17 bits per heavy atom. The van der Waals surface area contributed by atoms with Crippen molar-refractivity contribution >= 4 is 35.6 Å². The van der Waals surface area contributed by atoms with Gasteiger partial charge in [0, 0.05) is 25.2 Å². The highest BCUT2D eigenvalue weighted by Gasteiger charge is 2.10. The predicted octanol–water partition coefficient (Wildman–Crippen LogP) is 3.60. The van der Waals surface area contributed by atoms with Gasteiger partial charge in [-0.05, 0) is 30.2 Å². The Hall–Kier alpha value is -2.54. The summed E-state index contributed by atoms with van der Waals surface area (Å²) in [5.74, 6) is 0.476. The number of rotatable bonds is 9. The fourth-order valence-electron chi connectivity index (χ4n) is 2.42. The van der Waals surface area contributed by atoms with Crippen LogP contribution in [0.5, 0.6) is 5.75 Å². The molecule has 0 saturated carbocycles. The van der Waals surface area contributed by atoms with Gasteiger partial charge in [-0.15, -0.1) is 24.0 Å². The van der Waals surface area contributed by atoms with E-state index in [1.165, 1.54) is 36.4 Å². The van der Waals surface area contributed by atoms with Crippen molar-refractivity contribution in [3.63, 3.8) is 0 Å². The standard InChI is InChI=1S/C19H22F2N4O4.HI/c1-2-22-19(23-11-13-3-7-15(8-4-13)25(27)28)24-12-17(26)14-5-9-16(10-6-14)29-18(20)21;/h3-10,17-18,26H,2,11-12H2,1H3,(H2,22,23,24);1H. The molecule has 2 rings (SSSR count). The van der Waals surface area contributed by atoms with Crippen molar-refractivity contribution < 1.29 is 23.5 Å². The molecule has 0 amide bonds. The summed E-state index contributed by atoms with van der Waals surface area (Å²) in [6.45, 7) is 0.0231. The molecule has 0 aliphatic heterocycles. The average molecular weight is 536 g/mol. The molecule has 8 nitrogen and oxygen atoms in total. The highest BCUT2D eigenvalue weighted by atomic mass is 127. The number of hydrogen-bond acceptors (Lipinski definition) is 5. The van der Waals surface area contributed by atoms with E-state index in [2.05, 4.69) is 20.4 Å². The summed E-state index contributed by atoms with van der Waals surface area (Å²) in [4.78, 5) is 14.6. The number of halogens is 3. The molecule has 1 atom stereocenters. The first kappa shape index (κ1) is 25.5. The van der Waals surface area contributed by atoms with Gasteiger partial charge in [-0.3, -0.25) is 10.1 Å². The first-order chi connectivity index (χ1) is 13.9. The monoisotopic (exact) mass is 536 g/mol. The van der Waals surface area contributed by atoms with Crippen LogP contribution >= 0.6 is 24.0 Å².